The van der Waals surface area contributed by atoms with Gasteiger partial charge in [-0.05, 0) is 85.3 Å². The van der Waals surface area contributed by atoms with Crippen LogP contribution in [0.4, 0.5) is 11.4 Å². The quantitative estimate of drug-likeness (QED) is 0.245. The minimum absolute atomic E-state index is 0.180. The fraction of sp³-hybridized carbons (Fsp3) is 0.222. The molecule has 0 bridgehead atoms. The predicted molar refractivity (Wildman–Crippen MR) is 149 cm³/mol. The summed E-state index contributed by atoms with van der Waals surface area (Å²) >= 11 is 0. The lowest BCUT2D eigenvalue weighted by Crippen LogP contribution is -2.39. The normalized spacial score (nSPS) is 11.1. The van der Waals surface area contributed by atoms with Gasteiger partial charge in [0.15, 0.2) is 6.61 Å². The van der Waals surface area contributed by atoms with E-state index in [9.17, 15) is 18.0 Å². The van der Waals surface area contributed by atoms with Crippen molar-refractivity contribution in [3.05, 3.63) is 78.4 Å². The van der Waals surface area contributed by atoms with Crippen molar-refractivity contribution in [2.24, 2.45) is 5.10 Å². The van der Waals surface area contributed by atoms with Crippen LogP contribution in [0.1, 0.15) is 12.5 Å². The van der Waals surface area contributed by atoms with Crippen LogP contribution >= 0.6 is 0 Å². The topological polar surface area (TPSA) is 136 Å². The number of carbonyl (C=O) groups is 2. The van der Waals surface area contributed by atoms with E-state index in [1.54, 1.807) is 79.9 Å². The highest BCUT2D eigenvalue weighted by Crippen LogP contribution is 2.21. The Morgan fingerprint density at radius 3 is 2.05 bits per heavy atom. The molecule has 3 rings (SSSR count). The van der Waals surface area contributed by atoms with Gasteiger partial charge in [0.2, 0.25) is 10.0 Å². The zero-order chi connectivity index (χ0) is 28.3. The van der Waals surface area contributed by atoms with E-state index in [2.05, 4.69) is 15.8 Å². The molecule has 3 aromatic rings. The van der Waals surface area contributed by atoms with E-state index in [4.69, 9.17) is 14.2 Å². The molecule has 0 aliphatic rings. The smallest absolute Gasteiger partial charge is 0.262 e. The Morgan fingerprint density at radius 1 is 0.872 bits per heavy atom. The predicted octanol–water partition coefficient (Wildman–Crippen LogP) is 3.03. The summed E-state index contributed by atoms with van der Waals surface area (Å²) in [7, 11) is -2.16. The molecular formula is C27H30N4O7S. The first-order chi connectivity index (χ1) is 18.7. The van der Waals surface area contributed by atoms with Gasteiger partial charge in [-0.3, -0.25) is 13.9 Å². The standard InChI is InChI=1S/C27H30N4O7S/c1-4-37-24-15-9-22(10-16-24)31(39(3,34)35)18-26(32)30-28-17-20-5-11-25(12-6-20)38-19-27(33)29-21-7-13-23(36-2)14-8-21/h5-17H,4,18-19H2,1-3H3,(H,29,33)(H,30,32)/b28-17-. The van der Waals surface area contributed by atoms with Gasteiger partial charge < -0.3 is 19.5 Å². The molecule has 0 fully saturated rings. The van der Waals surface area contributed by atoms with Crippen LogP contribution in [0.2, 0.25) is 0 Å². The fourth-order valence-corrected chi connectivity index (χ4v) is 4.15. The molecule has 3 aromatic carbocycles. The van der Waals surface area contributed by atoms with Gasteiger partial charge in [0.25, 0.3) is 11.8 Å². The molecule has 0 unspecified atom stereocenters. The molecule has 12 heteroatoms. The first-order valence-corrected chi connectivity index (χ1v) is 13.7. The maximum Gasteiger partial charge on any atom is 0.262 e. The molecule has 0 saturated carbocycles. The van der Waals surface area contributed by atoms with Gasteiger partial charge in [-0.2, -0.15) is 5.10 Å². The van der Waals surface area contributed by atoms with Crippen LogP contribution in [0.5, 0.6) is 17.2 Å². The number of ether oxygens (including phenoxy) is 3. The highest BCUT2D eigenvalue weighted by molar-refractivity contribution is 7.92. The second kappa shape index (κ2) is 13.8. The Labute approximate surface area is 227 Å². The summed E-state index contributed by atoms with van der Waals surface area (Å²) in [5.74, 6) is 0.819. The summed E-state index contributed by atoms with van der Waals surface area (Å²) < 4.78 is 41.4. The summed E-state index contributed by atoms with van der Waals surface area (Å²) in [5, 5.41) is 6.62. The average Bonchev–Trinajstić information content (AvgIpc) is 2.92. The number of nitrogens with zero attached hydrogens (tertiary/aromatic N) is 2. The molecule has 0 radical (unpaired) electrons. The SMILES string of the molecule is CCOc1ccc(N(CC(=O)N/N=C\c2ccc(OCC(=O)Nc3ccc(OC)cc3)cc2)S(C)(=O)=O)cc1. The Hall–Kier alpha value is -4.58. The minimum Gasteiger partial charge on any atom is -0.497 e. The van der Waals surface area contributed by atoms with Crippen LogP contribution in [0.15, 0.2) is 77.9 Å². The first-order valence-electron chi connectivity index (χ1n) is 11.9. The van der Waals surface area contributed by atoms with E-state index in [1.807, 2.05) is 6.92 Å². The third-order valence-corrected chi connectivity index (χ3v) is 6.29. The average molecular weight is 555 g/mol. The van der Waals surface area contributed by atoms with Crippen molar-refractivity contribution in [3.8, 4) is 17.2 Å². The Balaban J connectivity index is 1.48. The van der Waals surface area contributed by atoms with Crippen molar-refractivity contribution in [2.45, 2.75) is 6.92 Å². The van der Waals surface area contributed by atoms with E-state index in [-0.39, 0.29) is 12.5 Å². The number of methoxy groups -OCH3 is 1. The maximum absolute atomic E-state index is 12.4. The number of hydrazone groups is 1. The number of hydrogen-bond acceptors (Lipinski definition) is 8. The molecular weight excluding hydrogens is 524 g/mol. The summed E-state index contributed by atoms with van der Waals surface area (Å²) in [5.41, 5.74) is 3.93. The van der Waals surface area contributed by atoms with Gasteiger partial charge >= 0.3 is 0 Å². The number of anilines is 2. The molecule has 206 valence electrons. The van der Waals surface area contributed by atoms with E-state index < -0.39 is 22.5 Å². The Bertz CT molecular complexity index is 1380. The number of amides is 2. The van der Waals surface area contributed by atoms with Crippen LogP contribution in [-0.4, -0.2) is 59.6 Å². The molecule has 0 spiro atoms. The van der Waals surface area contributed by atoms with Crippen molar-refractivity contribution in [1.82, 2.24) is 5.43 Å². The molecule has 2 N–H and O–H groups in total. The number of carbonyl (C=O) groups excluding carboxylic acids is 2. The largest absolute Gasteiger partial charge is 0.497 e. The summed E-state index contributed by atoms with van der Waals surface area (Å²) in [6.45, 7) is 1.69. The Kier molecular flexibility index (Phi) is 10.3. The molecule has 11 nitrogen and oxygen atoms in total. The van der Waals surface area contributed by atoms with Gasteiger partial charge in [-0.1, -0.05) is 0 Å². The van der Waals surface area contributed by atoms with E-state index in [0.717, 1.165) is 10.6 Å². The zero-order valence-electron chi connectivity index (χ0n) is 21.8. The van der Waals surface area contributed by atoms with Crippen molar-refractivity contribution >= 4 is 39.4 Å². The van der Waals surface area contributed by atoms with Crippen molar-refractivity contribution in [1.29, 1.82) is 0 Å². The van der Waals surface area contributed by atoms with E-state index in [0.29, 0.717) is 40.8 Å². The summed E-state index contributed by atoms with van der Waals surface area (Å²) in [4.78, 5) is 24.5. The van der Waals surface area contributed by atoms with Gasteiger partial charge in [0.05, 0.1) is 31.9 Å². The lowest BCUT2D eigenvalue weighted by atomic mass is 10.2. The number of rotatable bonds is 13. The molecule has 0 aliphatic carbocycles. The highest BCUT2D eigenvalue weighted by Gasteiger charge is 2.20. The molecule has 2 amide bonds. The van der Waals surface area contributed by atoms with E-state index >= 15 is 0 Å². The third-order valence-electron chi connectivity index (χ3n) is 5.15. The number of benzene rings is 3. The lowest BCUT2D eigenvalue weighted by molar-refractivity contribution is -0.119. The van der Waals surface area contributed by atoms with Gasteiger partial charge in [-0.15, -0.1) is 0 Å². The Morgan fingerprint density at radius 2 is 1.46 bits per heavy atom. The van der Waals surface area contributed by atoms with Crippen LogP contribution in [0, 0.1) is 0 Å². The first kappa shape index (κ1) is 29.0. The van der Waals surface area contributed by atoms with Crippen LogP contribution in [-0.2, 0) is 19.6 Å². The molecule has 0 aromatic heterocycles. The molecule has 0 saturated heterocycles. The summed E-state index contributed by atoms with van der Waals surface area (Å²) in [6, 6.07) is 20.0. The molecule has 0 aliphatic heterocycles. The molecule has 0 atom stereocenters. The van der Waals surface area contributed by atoms with Gasteiger partial charge in [0.1, 0.15) is 23.8 Å². The maximum atomic E-state index is 12.4. The monoisotopic (exact) mass is 554 g/mol. The second-order valence-electron chi connectivity index (χ2n) is 8.12. The number of hydrogen-bond donors (Lipinski definition) is 2. The number of sulfonamides is 1. The van der Waals surface area contributed by atoms with Gasteiger partial charge in [0, 0.05) is 5.69 Å². The van der Waals surface area contributed by atoms with Gasteiger partial charge in [-0.25, -0.2) is 13.8 Å². The molecule has 39 heavy (non-hydrogen) atoms. The number of nitrogens with one attached hydrogen (secondary N) is 2. The fourth-order valence-electron chi connectivity index (χ4n) is 3.29. The third kappa shape index (κ3) is 9.34. The zero-order valence-corrected chi connectivity index (χ0v) is 22.6. The lowest BCUT2D eigenvalue weighted by Gasteiger charge is -2.21. The van der Waals surface area contributed by atoms with Crippen LogP contribution < -0.4 is 29.3 Å². The van der Waals surface area contributed by atoms with Crippen LogP contribution in [0.25, 0.3) is 0 Å². The van der Waals surface area contributed by atoms with Crippen molar-refractivity contribution < 1.29 is 32.2 Å². The minimum atomic E-state index is -3.72. The second-order valence-corrected chi connectivity index (χ2v) is 10.0. The van der Waals surface area contributed by atoms with Crippen molar-refractivity contribution in [3.63, 3.8) is 0 Å². The van der Waals surface area contributed by atoms with Crippen LogP contribution in [0.3, 0.4) is 0 Å². The summed E-state index contributed by atoms with van der Waals surface area (Å²) in [6.07, 6.45) is 2.42. The molecule has 0 heterocycles. The van der Waals surface area contributed by atoms with Crippen molar-refractivity contribution in [2.75, 3.05) is 42.7 Å². The van der Waals surface area contributed by atoms with E-state index in [1.165, 1.54) is 6.21 Å². The highest BCUT2D eigenvalue weighted by atomic mass is 32.2.